The molecule has 0 bridgehead atoms. The van der Waals surface area contributed by atoms with E-state index in [0.717, 1.165) is 11.1 Å². The molecular formula is C25H27FN2O5. The molecule has 0 spiro atoms. The predicted molar refractivity (Wildman–Crippen MR) is 121 cm³/mol. The molecule has 174 valence electrons. The summed E-state index contributed by atoms with van der Waals surface area (Å²) in [5.74, 6) is 0.0630. The third kappa shape index (κ3) is 5.31. The van der Waals surface area contributed by atoms with Crippen molar-refractivity contribution in [1.29, 1.82) is 0 Å². The van der Waals surface area contributed by atoms with E-state index in [9.17, 15) is 19.7 Å². The number of hydrogen-bond acceptors (Lipinski definition) is 6. The third-order valence-corrected chi connectivity index (χ3v) is 5.58. The standard InChI is InChI=1S/C25H27FN2O5/c1-16(30)25-27-10-11-28(25)20(13-29)8-4-17-2-5-18(6-3-17)19-7-9-23(21(26)12-19)33-24-15-32-14-22(24)31/h2-12,16,20,22,24,29-31H,13-15H2,1H3/b8-4+/t16-,20-,22?,24-/m0/s1. The van der Waals surface area contributed by atoms with Crippen LogP contribution >= 0.6 is 0 Å². The molecule has 0 amide bonds. The molecule has 0 radical (unpaired) electrons. The summed E-state index contributed by atoms with van der Waals surface area (Å²) in [5, 5.41) is 29.4. The van der Waals surface area contributed by atoms with Crippen LogP contribution in [0.1, 0.15) is 30.5 Å². The van der Waals surface area contributed by atoms with Gasteiger partial charge in [0.25, 0.3) is 0 Å². The van der Waals surface area contributed by atoms with Crippen molar-refractivity contribution in [2.75, 3.05) is 19.8 Å². The lowest BCUT2D eigenvalue weighted by Crippen LogP contribution is -2.30. The Bertz CT molecular complexity index is 1100. The Kier molecular flexibility index (Phi) is 7.20. The van der Waals surface area contributed by atoms with Crippen LogP contribution in [0.3, 0.4) is 0 Å². The molecule has 1 fully saturated rings. The molecule has 3 N–H and O–H groups in total. The monoisotopic (exact) mass is 454 g/mol. The van der Waals surface area contributed by atoms with Crippen molar-refractivity contribution in [1.82, 2.24) is 9.55 Å². The maximum Gasteiger partial charge on any atom is 0.165 e. The van der Waals surface area contributed by atoms with Crippen LogP contribution in [-0.4, -0.2) is 56.9 Å². The predicted octanol–water partition coefficient (Wildman–Crippen LogP) is 3.13. The molecule has 0 saturated carbocycles. The molecule has 33 heavy (non-hydrogen) atoms. The van der Waals surface area contributed by atoms with Gasteiger partial charge in [-0.1, -0.05) is 42.5 Å². The molecule has 1 aliphatic rings. The van der Waals surface area contributed by atoms with Gasteiger partial charge >= 0.3 is 0 Å². The molecule has 1 unspecified atom stereocenters. The van der Waals surface area contributed by atoms with Crippen molar-refractivity contribution in [2.24, 2.45) is 0 Å². The maximum atomic E-state index is 14.6. The summed E-state index contributed by atoms with van der Waals surface area (Å²) in [4.78, 5) is 4.14. The van der Waals surface area contributed by atoms with Gasteiger partial charge in [-0.25, -0.2) is 9.37 Å². The summed E-state index contributed by atoms with van der Waals surface area (Å²) in [5.41, 5.74) is 2.45. The molecule has 3 aromatic rings. The van der Waals surface area contributed by atoms with E-state index in [4.69, 9.17) is 9.47 Å². The first kappa shape index (κ1) is 23.1. The van der Waals surface area contributed by atoms with Gasteiger partial charge in [0.2, 0.25) is 0 Å². The minimum Gasteiger partial charge on any atom is -0.482 e. The number of halogens is 1. The van der Waals surface area contributed by atoms with Gasteiger partial charge in [-0.15, -0.1) is 0 Å². The smallest absolute Gasteiger partial charge is 0.165 e. The van der Waals surface area contributed by atoms with Crippen molar-refractivity contribution < 1.29 is 29.2 Å². The van der Waals surface area contributed by atoms with E-state index in [-0.39, 0.29) is 31.6 Å². The van der Waals surface area contributed by atoms with E-state index >= 15 is 0 Å². The van der Waals surface area contributed by atoms with Crippen LogP contribution in [0.2, 0.25) is 0 Å². The van der Waals surface area contributed by atoms with E-state index in [1.807, 2.05) is 36.4 Å². The van der Waals surface area contributed by atoms with Crippen LogP contribution in [0.25, 0.3) is 17.2 Å². The Morgan fingerprint density at radius 1 is 1.21 bits per heavy atom. The van der Waals surface area contributed by atoms with Crippen LogP contribution in [0.15, 0.2) is 60.9 Å². The molecule has 1 saturated heterocycles. The average molecular weight is 454 g/mol. The van der Waals surface area contributed by atoms with Crippen LogP contribution in [0.4, 0.5) is 4.39 Å². The zero-order chi connectivity index (χ0) is 23.4. The Morgan fingerprint density at radius 3 is 2.61 bits per heavy atom. The summed E-state index contributed by atoms with van der Waals surface area (Å²) in [6.07, 6.45) is 4.96. The van der Waals surface area contributed by atoms with Gasteiger partial charge < -0.3 is 29.4 Å². The molecule has 4 rings (SSSR count). The molecule has 1 aliphatic heterocycles. The number of aromatic nitrogens is 2. The van der Waals surface area contributed by atoms with Gasteiger partial charge in [-0.05, 0) is 35.7 Å². The summed E-state index contributed by atoms with van der Waals surface area (Å²) in [7, 11) is 0. The molecular weight excluding hydrogens is 427 g/mol. The topological polar surface area (TPSA) is 97.0 Å². The number of benzene rings is 2. The first-order valence-corrected chi connectivity index (χ1v) is 10.8. The van der Waals surface area contributed by atoms with Crippen molar-refractivity contribution in [3.63, 3.8) is 0 Å². The van der Waals surface area contributed by atoms with Gasteiger partial charge in [0.05, 0.1) is 25.9 Å². The van der Waals surface area contributed by atoms with E-state index in [2.05, 4.69) is 4.98 Å². The molecule has 8 heteroatoms. The third-order valence-electron chi connectivity index (χ3n) is 5.58. The number of rotatable bonds is 8. The van der Waals surface area contributed by atoms with Crippen molar-refractivity contribution in [2.45, 2.75) is 31.3 Å². The lowest BCUT2D eigenvalue weighted by atomic mass is 10.0. The lowest BCUT2D eigenvalue weighted by molar-refractivity contribution is 0.0708. The van der Waals surface area contributed by atoms with Crippen molar-refractivity contribution in [3.05, 3.63) is 78.1 Å². The molecule has 1 aromatic heterocycles. The van der Waals surface area contributed by atoms with Crippen LogP contribution in [0.5, 0.6) is 5.75 Å². The summed E-state index contributed by atoms with van der Waals surface area (Å²) >= 11 is 0. The molecule has 4 atom stereocenters. The summed E-state index contributed by atoms with van der Waals surface area (Å²) < 4.78 is 27.0. The Morgan fingerprint density at radius 2 is 1.97 bits per heavy atom. The molecule has 2 aromatic carbocycles. The highest BCUT2D eigenvalue weighted by Crippen LogP contribution is 2.28. The lowest BCUT2D eigenvalue weighted by Gasteiger charge is -2.16. The van der Waals surface area contributed by atoms with Crippen LogP contribution < -0.4 is 4.74 Å². The zero-order valence-corrected chi connectivity index (χ0v) is 18.2. The number of aliphatic hydroxyl groups excluding tert-OH is 3. The Balaban J connectivity index is 1.45. The Labute approximate surface area is 191 Å². The van der Waals surface area contributed by atoms with E-state index < -0.39 is 24.1 Å². The summed E-state index contributed by atoms with van der Waals surface area (Å²) in [6, 6.07) is 11.9. The maximum absolute atomic E-state index is 14.6. The first-order chi connectivity index (χ1) is 16.0. The van der Waals surface area contributed by atoms with Gasteiger partial charge in [-0.3, -0.25) is 0 Å². The molecule has 7 nitrogen and oxygen atoms in total. The average Bonchev–Trinajstić information content (AvgIpc) is 3.46. The van der Waals surface area contributed by atoms with Gasteiger partial charge in [0.1, 0.15) is 18.0 Å². The highest BCUT2D eigenvalue weighted by molar-refractivity contribution is 5.66. The van der Waals surface area contributed by atoms with Crippen molar-refractivity contribution >= 4 is 6.08 Å². The van der Waals surface area contributed by atoms with Crippen LogP contribution in [0, 0.1) is 5.82 Å². The second-order valence-electron chi connectivity index (χ2n) is 8.01. The van der Waals surface area contributed by atoms with E-state index in [1.165, 1.54) is 6.07 Å². The van der Waals surface area contributed by atoms with Crippen LogP contribution in [-0.2, 0) is 4.74 Å². The van der Waals surface area contributed by atoms with E-state index in [1.54, 1.807) is 36.0 Å². The highest BCUT2D eigenvalue weighted by Gasteiger charge is 2.28. The number of hydrogen-bond donors (Lipinski definition) is 3. The largest absolute Gasteiger partial charge is 0.482 e. The highest BCUT2D eigenvalue weighted by atomic mass is 19.1. The summed E-state index contributed by atoms with van der Waals surface area (Å²) in [6.45, 7) is 1.91. The van der Waals surface area contributed by atoms with E-state index in [0.29, 0.717) is 11.4 Å². The normalized spacial score (nSPS) is 20.3. The fourth-order valence-corrected chi connectivity index (χ4v) is 3.75. The second kappa shape index (κ2) is 10.3. The fraction of sp³-hybridized carbons (Fsp3) is 0.320. The number of imidazole rings is 1. The zero-order valence-electron chi connectivity index (χ0n) is 18.2. The first-order valence-electron chi connectivity index (χ1n) is 10.8. The quantitative estimate of drug-likeness (QED) is 0.484. The number of ether oxygens (including phenoxy) is 2. The fourth-order valence-electron chi connectivity index (χ4n) is 3.75. The second-order valence-corrected chi connectivity index (χ2v) is 8.01. The SMILES string of the molecule is C[C@H](O)c1nccn1[C@@H](/C=C/c1ccc(-c2ccc(O[C@H]3COCC3O)c(F)c2)cc1)CO. The van der Waals surface area contributed by atoms with Gasteiger partial charge in [-0.2, -0.15) is 0 Å². The Hall–Kier alpha value is -3.04. The number of nitrogens with zero attached hydrogens (tertiary/aromatic N) is 2. The molecule has 2 heterocycles. The molecule has 0 aliphatic carbocycles. The minimum atomic E-state index is -0.762. The van der Waals surface area contributed by atoms with Crippen molar-refractivity contribution in [3.8, 4) is 16.9 Å². The number of aliphatic hydroxyl groups is 3. The van der Waals surface area contributed by atoms with Gasteiger partial charge in [0.15, 0.2) is 17.7 Å². The minimum absolute atomic E-state index is 0.0824. The van der Waals surface area contributed by atoms with Gasteiger partial charge in [0, 0.05) is 12.4 Å².